The number of hydrogen-bond acceptors (Lipinski definition) is 2. The third-order valence-corrected chi connectivity index (χ3v) is 2.94. The number of nitrogens with zero attached hydrogens (tertiary/aromatic N) is 1. The van der Waals surface area contributed by atoms with E-state index in [2.05, 4.69) is 11.9 Å². The van der Waals surface area contributed by atoms with E-state index >= 15 is 0 Å². The van der Waals surface area contributed by atoms with Gasteiger partial charge in [-0.15, -0.1) is 0 Å². The van der Waals surface area contributed by atoms with Gasteiger partial charge in [-0.25, -0.2) is 0 Å². The predicted octanol–water partition coefficient (Wildman–Crippen LogP) is 0.317. The zero-order valence-corrected chi connectivity index (χ0v) is 6.62. The highest BCUT2D eigenvalue weighted by Gasteiger charge is 2.52. The maximum Gasteiger partial charge on any atom is 0.0670 e. The van der Waals surface area contributed by atoms with E-state index in [0.717, 1.165) is 11.8 Å². The monoisotopic (exact) mass is 141 g/mol. The van der Waals surface area contributed by atoms with Crippen LogP contribution in [0.25, 0.3) is 0 Å². The van der Waals surface area contributed by atoms with Crippen molar-refractivity contribution >= 4 is 0 Å². The fourth-order valence-electron chi connectivity index (χ4n) is 2.44. The Morgan fingerprint density at radius 3 is 2.60 bits per heavy atom. The van der Waals surface area contributed by atoms with Crippen molar-refractivity contribution in [2.75, 3.05) is 13.6 Å². The summed E-state index contributed by atoms with van der Waals surface area (Å²) in [7, 11) is 2.11. The molecule has 4 atom stereocenters. The quantitative estimate of drug-likeness (QED) is 0.568. The van der Waals surface area contributed by atoms with E-state index in [0.29, 0.717) is 6.04 Å². The molecule has 1 saturated heterocycles. The molecule has 1 aliphatic heterocycles. The van der Waals surface area contributed by atoms with E-state index in [9.17, 15) is 5.11 Å². The molecule has 2 nitrogen and oxygen atoms in total. The first-order valence-electron chi connectivity index (χ1n) is 4.08. The van der Waals surface area contributed by atoms with Crippen molar-refractivity contribution in [1.29, 1.82) is 0 Å². The zero-order chi connectivity index (χ0) is 7.30. The summed E-state index contributed by atoms with van der Waals surface area (Å²) in [5.41, 5.74) is 0. The van der Waals surface area contributed by atoms with Crippen LogP contribution in [0.2, 0.25) is 0 Å². The predicted molar refractivity (Wildman–Crippen MR) is 39.7 cm³/mol. The Labute approximate surface area is 61.8 Å². The molecule has 10 heavy (non-hydrogen) atoms. The van der Waals surface area contributed by atoms with Crippen LogP contribution < -0.4 is 0 Å². The number of rotatable bonds is 1. The third kappa shape index (κ3) is 0.789. The number of fused-ring (bicyclic) bond motifs is 1. The molecule has 0 aromatic rings. The molecule has 1 aliphatic carbocycles. The van der Waals surface area contributed by atoms with Gasteiger partial charge in [-0.05, 0) is 32.2 Å². The molecule has 0 unspecified atom stereocenters. The Hall–Kier alpha value is -0.0800. The first kappa shape index (κ1) is 6.62. The second-order valence-electron chi connectivity index (χ2n) is 3.83. The van der Waals surface area contributed by atoms with Gasteiger partial charge in [-0.2, -0.15) is 0 Å². The summed E-state index contributed by atoms with van der Waals surface area (Å²) in [6.45, 7) is 3.11. The van der Waals surface area contributed by atoms with Crippen LogP contribution in [0.1, 0.15) is 13.3 Å². The summed E-state index contributed by atoms with van der Waals surface area (Å²) >= 11 is 0. The number of piperidine rings is 1. The van der Waals surface area contributed by atoms with E-state index in [1.54, 1.807) is 0 Å². The highest BCUT2D eigenvalue weighted by Crippen LogP contribution is 2.49. The molecule has 58 valence electrons. The third-order valence-electron chi connectivity index (χ3n) is 2.94. The van der Waals surface area contributed by atoms with E-state index in [-0.39, 0.29) is 6.10 Å². The van der Waals surface area contributed by atoms with Crippen LogP contribution in [0, 0.1) is 11.8 Å². The van der Waals surface area contributed by atoms with Crippen LogP contribution in [-0.2, 0) is 0 Å². The molecule has 1 heterocycles. The fraction of sp³-hybridized carbons (Fsp3) is 1.00. The van der Waals surface area contributed by atoms with Crippen LogP contribution in [-0.4, -0.2) is 35.7 Å². The van der Waals surface area contributed by atoms with Crippen LogP contribution in [0.15, 0.2) is 0 Å². The molecule has 0 aromatic carbocycles. The van der Waals surface area contributed by atoms with Crippen molar-refractivity contribution in [3.05, 3.63) is 0 Å². The molecule has 0 spiro atoms. The molecule has 0 aromatic heterocycles. The number of likely N-dealkylation sites (N-methyl/N-ethyl adjacent to an activating group) is 1. The Kier molecular flexibility index (Phi) is 1.29. The number of aliphatic hydroxyl groups excluding tert-OH is 1. The second-order valence-corrected chi connectivity index (χ2v) is 3.83. The average Bonchev–Trinajstić information content (AvgIpc) is 2.42. The van der Waals surface area contributed by atoms with Crippen molar-refractivity contribution in [1.82, 2.24) is 4.90 Å². The molecular formula is C8H15NO. The topological polar surface area (TPSA) is 23.5 Å². The van der Waals surface area contributed by atoms with Gasteiger partial charge in [0.25, 0.3) is 0 Å². The van der Waals surface area contributed by atoms with Crippen molar-refractivity contribution in [2.24, 2.45) is 11.8 Å². The molecule has 0 bridgehead atoms. The van der Waals surface area contributed by atoms with E-state index in [1.807, 2.05) is 6.92 Å². The van der Waals surface area contributed by atoms with E-state index in [4.69, 9.17) is 0 Å². The van der Waals surface area contributed by atoms with Crippen molar-refractivity contribution in [3.63, 3.8) is 0 Å². The molecule has 2 aliphatic rings. The van der Waals surface area contributed by atoms with Gasteiger partial charge in [0, 0.05) is 12.6 Å². The summed E-state index contributed by atoms with van der Waals surface area (Å²) in [6.07, 6.45) is 1.22. The minimum absolute atomic E-state index is 0.137. The molecule has 2 fully saturated rings. The summed E-state index contributed by atoms with van der Waals surface area (Å²) in [5.74, 6) is 1.74. The van der Waals surface area contributed by atoms with Crippen LogP contribution in [0.4, 0.5) is 0 Å². The minimum atomic E-state index is -0.137. The van der Waals surface area contributed by atoms with Crippen molar-refractivity contribution in [3.8, 4) is 0 Å². The van der Waals surface area contributed by atoms with E-state index in [1.165, 1.54) is 13.0 Å². The Morgan fingerprint density at radius 2 is 2.30 bits per heavy atom. The Morgan fingerprint density at radius 1 is 1.60 bits per heavy atom. The highest BCUT2D eigenvalue weighted by molar-refractivity contribution is 5.04. The lowest BCUT2D eigenvalue weighted by Gasteiger charge is -2.24. The lowest BCUT2D eigenvalue weighted by atomic mass is 10.1. The molecule has 0 amide bonds. The first-order chi connectivity index (χ1) is 4.70. The lowest BCUT2D eigenvalue weighted by molar-refractivity contribution is 0.0848. The van der Waals surface area contributed by atoms with Gasteiger partial charge < -0.3 is 10.0 Å². The molecule has 0 radical (unpaired) electrons. The van der Waals surface area contributed by atoms with Gasteiger partial charge in [0.2, 0.25) is 0 Å². The summed E-state index contributed by atoms with van der Waals surface area (Å²) in [4.78, 5) is 2.30. The minimum Gasteiger partial charge on any atom is -0.392 e. The number of aliphatic hydroxyl groups is 1. The Bertz CT molecular complexity index is 144. The zero-order valence-electron chi connectivity index (χ0n) is 6.62. The summed E-state index contributed by atoms with van der Waals surface area (Å²) in [6, 6.07) is 0.463. The van der Waals surface area contributed by atoms with Crippen molar-refractivity contribution < 1.29 is 5.11 Å². The number of likely N-dealkylation sites (tertiary alicyclic amines) is 1. The molecule has 1 N–H and O–H groups in total. The lowest BCUT2D eigenvalue weighted by Crippen LogP contribution is -2.37. The molecular weight excluding hydrogens is 126 g/mol. The molecule has 1 saturated carbocycles. The summed E-state index contributed by atoms with van der Waals surface area (Å²) in [5, 5.41) is 9.38. The average molecular weight is 141 g/mol. The standard InChI is InChI=1S/C8H15NO/c1-5(10)8-7-3-6(7)4-9(8)2/h5-8,10H,3-4H2,1-2H3/t5-,6+,7+,8-/m1/s1. The van der Waals surface area contributed by atoms with Gasteiger partial charge >= 0.3 is 0 Å². The fourth-order valence-corrected chi connectivity index (χ4v) is 2.44. The highest BCUT2D eigenvalue weighted by atomic mass is 16.3. The summed E-state index contributed by atoms with van der Waals surface area (Å²) < 4.78 is 0. The van der Waals surface area contributed by atoms with Gasteiger partial charge in [0.05, 0.1) is 6.10 Å². The van der Waals surface area contributed by atoms with Crippen LogP contribution in [0.3, 0.4) is 0 Å². The van der Waals surface area contributed by atoms with Gasteiger partial charge in [0.1, 0.15) is 0 Å². The van der Waals surface area contributed by atoms with Crippen LogP contribution >= 0.6 is 0 Å². The van der Waals surface area contributed by atoms with Crippen LogP contribution in [0.5, 0.6) is 0 Å². The second kappa shape index (κ2) is 1.95. The normalized spacial score (nSPS) is 48.9. The van der Waals surface area contributed by atoms with Gasteiger partial charge in [-0.1, -0.05) is 0 Å². The SMILES string of the molecule is C[C@@H](O)[C@@H]1[C@H]2C[C@H]2CN1C. The molecule has 2 rings (SSSR count). The van der Waals surface area contributed by atoms with E-state index < -0.39 is 0 Å². The smallest absolute Gasteiger partial charge is 0.0670 e. The molecule has 2 heteroatoms. The van der Waals surface area contributed by atoms with Crippen molar-refractivity contribution in [2.45, 2.75) is 25.5 Å². The number of hydrogen-bond donors (Lipinski definition) is 1. The van der Waals surface area contributed by atoms with Gasteiger partial charge in [0.15, 0.2) is 0 Å². The maximum absolute atomic E-state index is 9.38. The maximum atomic E-state index is 9.38. The Balaban J connectivity index is 2.05. The largest absolute Gasteiger partial charge is 0.392 e. The van der Waals surface area contributed by atoms with Gasteiger partial charge in [-0.3, -0.25) is 0 Å². The first-order valence-corrected chi connectivity index (χ1v) is 4.08.